The molecule has 1 aromatic heterocycles. The molecule has 1 aromatic rings. The van der Waals surface area contributed by atoms with Crippen LogP contribution in [0.15, 0.2) is 9.42 Å². The molecule has 0 N–H and O–H groups in total. The summed E-state index contributed by atoms with van der Waals surface area (Å²) >= 11 is 0. The Bertz CT molecular complexity index is 855. The molecule has 4 heterocycles. The average Bonchev–Trinajstić information content (AvgIpc) is 3.22. The summed E-state index contributed by atoms with van der Waals surface area (Å²) in [5, 5.41) is 3.75. The van der Waals surface area contributed by atoms with Gasteiger partial charge in [-0.05, 0) is 45.4 Å². The summed E-state index contributed by atoms with van der Waals surface area (Å²) in [6, 6.07) is -0.599. The van der Waals surface area contributed by atoms with Gasteiger partial charge in [0.25, 0.3) is 5.91 Å². The molecule has 0 saturated carbocycles. The van der Waals surface area contributed by atoms with E-state index in [9.17, 15) is 18.0 Å². The average molecular weight is 396 g/mol. The van der Waals surface area contributed by atoms with Crippen molar-refractivity contribution in [2.45, 2.75) is 51.0 Å². The van der Waals surface area contributed by atoms with Crippen molar-refractivity contribution in [1.82, 2.24) is 19.3 Å². The molecule has 1 unspecified atom stereocenters. The Hall–Kier alpha value is -1.94. The molecule has 9 nitrogen and oxygen atoms in total. The SMILES string of the molecule is CCN1C(=O)C2CC3(CCN(S(=O)(=O)c4c(C)noc4C)CC3)CN2C1=O. The molecule has 0 aromatic carbocycles. The predicted octanol–water partition coefficient (Wildman–Crippen LogP) is 1.12. The molecule has 1 spiro atoms. The molecule has 27 heavy (non-hydrogen) atoms. The highest BCUT2D eigenvalue weighted by Crippen LogP contribution is 2.46. The fraction of sp³-hybridized carbons (Fsp3) is 0.706. The second-order valence-corrected chi connectivity index (χ2v) is 9.65. The number of rotatable bonds is 3. The van der Waals surface area contributed by atoms with E-state index in [0.29, 0.717) is 56.9 Å². The van der Waals surface area contributed by atoms with Crippen LogP contribution in [0, 0.1) is 19.3 Å². The van der Waals surface area contributed by atoms with Crippen LogP contribution in [0.4, 0.5) is 4.79 Å². The van der Waals surface area contributed by atoms with Gasteiger partial charge >= 0.3 is 6.03 Å². The number of sulfonamides is 1. The van der Waals surface area contributed by atoms with Gasteiger partial charge in [-0.2, -0.15) is 4.31 Å². The number of carbonyl (C=O) groups excluding carboxylic acids is 2. The van der Waals surface area contributed by atoms with E-state index < -0.39 is 10.0 Å². The Balaban J connectivity index is 1.49. The van der Waals surface area contributed by atoms with Gasteiger partial charge in [-0.3, -0.25) is 9.69 Å². The number of imide groups is 1. The summed E-state index contributed by atoms with van der Waals surface area (Å²) in [5.74, 6) is 0.176. The first kappa shape index (κ1) is 18.4. The van der Waals surface area contributed by atoms with Crippen LogP contribution in [0.25, 0.3) is 0 Å². The van der Waals surface area contributed by atoms with E-state index >= 15 is 0 Å². The van der Waals surface area contributed by atoms with Gasteiger partial charge in [-0.15, -0.1) is 0 Å². The number of hydrogen-bond acceptors (Lipinski definition) is 6. The number of aryl methyl sites for hydroxylation is 2. The largest absolute Gasteiger partial charge is 0.360 e. The third-order valence-electron chi connectivity index (χ3n) is 6.20. The highest BCUT2D eigenvalue weighted by molar-refractivity contribution is 7.89. The summed E-state index contributed by atoms with van der Waals surface area (Å²) in [6.07, 6.45) is 1.89. The van der Waals surface area contributed by atoms with E-state index in [0.717, 1.165) is 0 Å². The molecule has 148 valence electrons. The van der Waals surface area contributed by atoms with Crippen LogP contribution in [-0.2, 0) is 14.8 Å². The zero-order valence-electron chi connectivity index (χ0n) is 15.8. The fourth-order valence-corrected chi connectivity index (χ4v) is 6.47. The zero-order chi connectivity index (χ0) is 19.6. The third kappa shape index (κ3) is 2.60. The summed E-state index contributed by atoms with van der Waals surface area (Å²) in [4.78, 5) is 28.0. The first-order valence-electron chi connectivity index (χ1n) is 9.25. The molecule has 4 rings (SSSR count). The number of urea groups is 1. The van der Waals surface area contributed by atoms with Gasteiger partial charge in [-0.25, -0.2) is 13.2 Å². The van der Waals surface area contributed by atoms with E-state index in [1.165, 1.54) is 9.21 Å². The Morgan fingerprint density at radius 1 is 1.22 bits per heavy atom. The number of aromatic nitrogens is 1. The van der Waals surface area contributed by atoms with Gasteiger partial charge in [-0.1, -0.05) is 5.16 Å². The zero-order valence-corrected chi connectivity index (χ0v) is 16.6. The van der Waals surface area contributed by atoms with E-state index in [1.807, 2.05) is 0 Å². The second kappa shape index (κ2) is 6.03. The van der Waals surface area contributed by atoms with Crippen molar-refractivity contribution < 1.29 is 22.5 Å². The molecule has 3 aliphatic rings. The lowest BCUT2D eigenvalue weighted by Crippen LogP contribution is -2.45. The molecule has 3 amide bonds. The normalized spacial score (nSPS) is 25.7. The lowest BCUT2D eigenvalue weighted by atomic mass is 9.77. The number of nitrogens with zero attached hydrogens (tertiary/aromatic N) is 4. The van der Waals surface area contributed by atoms with Crippen LogP contribution in [-0.4, -0.2) is 71.8 Å². The van der Waals surface area contributed by atoms with Crippen molar-refractivity contribution in [1.29, 1.82) is 0 Å². The molecular formula is C17H24N4O5S. The first-order chi connectivity index (χ1) is 12.7. The van der Waals surface area contributed by atoms with Gasteiger partial charge in [0.15, 0.2) is 5.76 Å². The minimum absolute atomic E-state index is 0.120. The molecule has 3 fully saturated rings. The summed E-state index contributed by atoms with van der Waals surface area (Å²) < 4.78 is 32.4. The summed E-state index contributed by atoms with van der Waals surface area (Å²) in [7, 11) is -3.66. The number of fused-ring (bicyclic) bond motifs is 1. The molecule has 10 heteroatoms. The number of hydrogen-bond donors (Lipinski definition) is 0. The van der Waals surface area contributed by atoms with E-state index in [4.69, 9.17) is 4.52 Å². The highest BCUT2D eigenvalue weighted by Gasteiger charge is 2.56. The number of amides is 3. The van der Waals surface area contributed by atoms with Crippen LogP contribution in [0.3, 0.4) is 0 Å². The maximum absolute atomic E-state index is 13.0. The third-order valence-corrected chi connectivity index (χ3v) is 8.34. The second-order valence-electron chi connectivity index (χ2n) is 7.77. The van der Waals surface area contributed by atoms with E-state index in [2.05, 4.69) is 5.16 Å². The van der Waals surface area contributed by atoms with Crippen LogP contribution in [0.5, 0.6) is 0 Å². The van der Waals surface area contributed by atoms with Crippen molar-refractivity contribution in [2.24, 2.45) is 5.41 Å². The molecule has 0 radical (unpaired) electrons. The summed E-state index contributed by atoms with van der Waals surface area (Å²) in [6.45, 7) is 6.67. The van der Waals surface area contributed by atoms with Gasteiger partial charge in [0, 0.05) is 26.2 Å². The summed E-state index contributed by atoms with van der Waals surface area (Å²) in [5.41, 5.74) is 0.186. The standard InChI is InChI=1S/C17H24N4O5S/c1-4-20-15(22)13-9-17(10-21(13)16(20)23)5-7-19(8-6-17)27(24,25)14-11(2)18-26-12(14)3/h13H,4-10H2,1-3H3. The quantitative estimate of drug-likeness (QED) is 0.709. The fourth-order valence-electron chi connectivity index (χ4n) is 4.73. The first-order valence-corrected chi connectivity index (χ1v) is 10.7. The highest BCUT2D eigenvalue weighted by atomic mass is 32.2. The number of carbonyl (C=O) groups is 2. The predicted molar refractivity (Wildman–Crippen MR) is 94.3 cm³/mol. The van der Waals surface area contributed by atoms with Crippen LogP contribution in [0.2, 0.25) is 0 Å². The Morgan fingerprint density at radius 3 is 2.41 bits per heavy atom. The number of likely N-dealkylation sites (N-methyl/N-ethyl adjacent to an activating group) is 1. The monoisotopic (exact) mass is 396 g/mol. The minimum atomic E-state index is -3.66. The molecule has 0 bridgehead atoms. The van der Waals surface area contributed by atoms with Crippen molar-refractivity contribution in [3.63, 3.8) is 0 Å². The van der Waals surface area contributed by atoms with E-state index in [-0.39, 0.29) is 28.3 Å². The topological polar surface area (TPSA) is 104 Å². The van der Waals surface area contributed by atoms with Crippen molar-refractivity contribution in [2.75, 3.05) is 26.2 Å². The molecule has 3 saturated heterocycles. The Kier molecular flexibility index (Phi) is 4.12. The van der Waals surface area contributed by atoms with E-state index in [1.54, 1.807) is 25.7 Å². The lowest BCUT2D eigenvalue weighted by Gasteiger charge is -2.38. The van der Waals surface area contributed by atoms with Crippen molar-refractivity contribution in [3.8, 4) is 0 Å². The molecule has 3 aliphatic heterocycles. The Labute approximate surface area is 158 Å². The van der Waals surface area contributed by atoms with Crippen LogP contribution >= 0.6 is 0 Å². The van der Waals surface area contributed by atoms with Crippen molar-refractivity contribution >= 4 is 22.0 Å². The molecule has 0 aliphatic carbocycles. The van der Waals surface area contributed by atoms with Gasteiger partial charge in [0.2, 0.25) is 10.0 Å². The van der Waals surface area contributed by atoms with Gasteiger partial charge < -0.3 is 9.42 Å². The number of piperidine rings is 1. The van der Waals surface area contributed by atoms with Gasteiger partial charge in [0.1, 0.15) is 16.6 Å². The maximum atomic E-state index is 13.0. The minimum Gasteiger partial charge on any atom is -0.360 e. The molecular weight excluding hydrogens is 372 g/mol. The van der Waals surface area contributed by atoms with Crippen LogP contribution < -0.4 is 0 Å². The van der Waals surface area contributed by atoms with Crippen molar-refractivity contribution in [3.05, 3.63) is 11.5 Å². The Morgan fingerprint density at radius 2 is 1.89 bits per heavy atom. The maximum Gasteiger partial charge on any atom is 0.327 e. The van der Waals surface area contributed by atoms with Gasteiger partial charge in [0.05, 0.1) is 0 Å². The van der Waals surface area contributed by atoms with Crippen LogP contribution in [0.1, 0.15) is 37.6 Å². The lowest BCUT2D eigenvalue weighted by molar-refractivity contribution is -0.128. The smallest absolute Gasteiger partial charge is 0.327 e. The molecule has 1 atom stereocenters.